The first-order valence-corrected chi connectivity index (χ1v) is 12.2. The van der Waals surface area contributed by atoms with Gasteiger partial charge in [0.25, 0.3) is 17.7 Å². The lowest BCUT2D eigenvalue weighted by Crippen LogP contribution is -2.32. The summed E-state index contributed by atoms with van der Waals surface area (Å²) in [4.78, 5) is 41.5. The Morgan fingerprint density at radius 3 is 2.08 bits per heavy atom. The van der Waals surface area contributed by atoms with Crippen LogP contribution < -0.4 is 20.4 Å². The number of nitrogens with one attached hydrogen (secondary N) is 2. The molecule has 182 valence electrons. The summed E-state index contributed by atoms with van der Waals surface area (Å²) in [5.74, 6) is -1.54. The number of para-hydroxylation sites is 1. The molecule has 0 bridgehead atoms. The van der Waals surface area contributed by atoms with E-state index in [1.54, 1.807) is 48.5 Å². The second-order valence-electron chi connectivity index (χ2n) is 8.48. The van der Waals surface area contributed by atoms with E-state index in [-0.39, 0.29) is 27.3 Å². The first kappa shape index (κ1) is 23.9. The van der Waals surface area contributed by atoms with Crippen molar-refractivity contribution in [1.29, 1.82) is 0 Å². The molecule has 0 atom stereocenters. The molecule has 1 saturated heterocycles. The number of anilines is 4. The molecule has 1 fully saturated rings. The van der Waals surface area contributed by atoms with Gasteiger partial charge in [0, 0.05) is 35.7 Å². The number of halogens is 2. The van der Waals surface area contributed by atoms with Gasteiger partial charge in [-0.25, -0.2) is 4.90 Å². The summed E-state index contributed by atoms with van der Waals surface area (Å²) < 4.78 is 0. The van der Waals surface area contributed by atoms with Crippen LogP contribution >= 0.6 is 23.2 Å². The van der Waals surface area contributed by atoms with Crippen molar-refractivity contribution in [2.75, 3.05) is 33.5 Å². The van der Waals surface area contributed by atoms with Gasteiger partial charge in [0.2, 0.25) is 0 Å². The second-order valence-corrected chi connectivity index (χ2v) is 9.27. The number of benzene rings is 3. The van der Waals surface area contributed by atoms with Gasteiger partial charge >= 0.3 is 0 Å². The molecule has 2 N–H and O–H groups in total. The van der Waals surface area contributed by atoms with E-state index in [4.69, 9.17) is 23.2 Å². The van der Waals surface area contributed by atoms with Crippen LogP contribution in [0.15, 0.2) is 83.5 Å². The van der Waals surface area contributed by atoms with Crippen LogP contribution in [0, 0.1) is 0 Å². The Morgan fingerprint density at radius 2 is 1.42 bits per heavy atom. The van der Waals surface area contributed by atoms with Crippen LogP contribution in [0.5, 0.6) is 0 Å². The molecule has 2 aliphatic rings. The molecule has 2 aliphatic heterocycles. The molecule has 0 spiro atoms. The van der Waals surface area contributed by atoms with Gasteiger partial charge in [-0.15, -0.1) is 0 Å². The molecule has 5 rings (SSSR count). The topological polar surface area (TPSA) is 81.8 Å². The van der Waals surface area contributed by atoms with Gasteiger partial charge in [-0.2, -0.15) is 0 Å². The van der Waals surface area contributed by atoms with E-state index in [2.05, 4.69) is 15.5 Å². The summed E-state index contributed by atoms with van der Waals surface area (Å²) >= 11 is 12.4. The summed E-state index contributed by atoms with van der Waals surface area (Å²) in [6.07, 6.45) is 2.41. The zero-order chi connectivity index (χ0) is 25.2. The zero-order valence-electron chi connectivity index (χ0n) is 19.1. The minimum absolute atomic E-state index is 0.0584. The molecule has 7 nitrogen and oxygen atoms in total. The third kappa shape index (κ3) is 4.67. The fraction of sp³-hybridized carbons (Fsp3) is 0.148. The predicted octanol–water partition coefficient (Wildman–Crippen LogP) is 5.63. The lowest BCUT2D eigenvalue weighted by atomic mass is 10.1. The van der Waals surface area contributed by atoms with E-state index in [1.165, 1.54) is 12.8 Å². The molecule has 0 radical (unpaired) electrons. The minimum atomic E-state index is -0.663. The lowest BCUT2D eigenvalue weighted by Gasteiger charge is -2.17. The quantitative estimate of drug-likeness (QED) is 0.411. The summed E-state index contributed by atoms with van der Waals surface area (Å²) in [7, 11) is 0. The van der Waals surface area contributed by atoms with Gasteiger partial charge < -0.3 is 15.5 Å². The molecule has 3 aromatic rings. The van der Waals surface area contributed by atoms with Crippen molar-refractivity contribution in [1.82, 2.24) is 0 Å². The Kier molecular flexibility index (Phi) is 6.67. The number of hydrogen-bond acceptors (Lipinski definition) is 5. The monoisotopic (exact) mass is 520 g/mol. The number of imide groups is 1. The minimum Gasteiger partial charge on any atom is -0.372 e. The number of hydrogen-bond donors (Lipinski definition) is 2. The van der Waals surface area contributed by atoms with Gasteiger partial charge in [0.05, 0.1) is 10.7 Å². The zero-order valence-corrected chi connectivity index (χ0v) is 20.6. The summed E-state index contributed by atoms with van der Waals surface area (Å²) in [6, 6.07) is 20.9. The lowest BCUT2D eigenvalue weighted by molar-refractivity contribution is -0.120. The normalized spacial score (nSPS) is 15.6. The van der Waals surface area contributed by atoms with E-state index in [9.17, 15) is 14.4 Å². The molecule has 2 heterocycles. The maximum Gasteiger partial charge on any atom is 0.283 e. The van der Waals surface area contributed by atoms with Crippen molar-refractivity contribution in [2.24, 2.45) is 0 Å². The first-order valence-electron chi connectivity index (χ1n) is 11.5. The largest absolute Gasteiger partial charge is 0.372 e. The maximum atomic E-state index is 12.9. The highest BCUT2D eigenvalue weighted by atomic mass is 35.5. The molecule has 0 aliphatic carbocycles. The van der Waals surface area contributed by atoms with Crippen molar-refractivity contribution in [3.63, 3.8) is 0 Å². The molecule has 3 aromatic carbocycles. The summed E-state index contributed by atoms with van der Waals surface area (Å²) in [5, 5.41) is 5.81. The molecule has 36 heavy (non-hydrogen) atoms. The van der Waals surface area contributed by atoms with Gasteiger partial charge in [0.15, 0.2) is 0 Å². The van der Waals surface area contributed by atoms with E-state index in [0.717, 1.165) is 23.7 Å². The second kappa shape index (κ2) is 10.0. The van der Waals surface area contributed by atoms with E-state index < -0.39 is 11.8 Å². The molecular formula is C27H22Cl2N4O3. The van der Waals surface area contributed by atoms with Crippen molar-refractivity contribution >= 4 is 63.7 Å². The SMILES string of the molecule is O=C(Nc1ccc(N2CCCC2)cc1)c1ccc(NC2=C(Cl)C(=O)N(c3ccccc3Cl)C2=O)cc1. The molecular weight excluding hydrogens is 499 g/mol. The highest BCUT2D eigenvalue weighted by Crippen LogP contribution is 2.34. The van der Waals surface area contributed by atoms with Crippen molar-refractivity contribution in [3.8, 4) is 0 Å². The fourth-order valence-corrected chi connectivity index (χ4v) is 4.68. The third-order valence-electron chi connectivity index (χ3n) is 6.13. The Hall–Kier alpha value is -3.81. The third-order valence-corrected chi connectivity index (χ3v) is 6.80. The van der Waals surface area contributed by atoms with Crippen LogP contribution in [0.2, 0.25) is 5.02 Å². The van der Waals surface area contributed by atoms with Crippen molar-refractivity contribution in [3.05, 3.63) is 94.1 Å². The number of carbonyl (C=O) groups is 3. The fourth-order valence-electron chi connectivity index (χ4n) is 4.25. The van der Waals surface area contributed by atoms with E-state index in [1.807, 2.05) is 24.3 Å². The highest BCUT2D eigenvalue weighted by Gasteiger charge is 2.39. The Labute approximate surface area is 218 Å². The molecule has 9 heteroatoms. The predicted molar refractivity (Wildman–Crippen MR) is 143 cm³/mol. The molecule has 0 saturated carbocycles. The maximum absolute atomic E-state index is 12.9. The standard InChI is InChI=1S/C27H22Cl2N4O3/c28-21-5-1-2-6-22(21)33-26(35)23(29)24(27(33)36)30-18-9-7-17(8-10-18)25(34)31-19-11-13-20(14-12-19)32-15-3-4-16-32/h1-2,5-14,30H,3-4,15-16H2,(H,31,34). The van der Waals surface area contributed by atoms with Crippen molar-refractivity contribution in [2.45, 2.75) is 12.8 Å². The Bertz CT molecular complexity index is 1360. The smallest absolute Gasteiger partial charge is 0.283 e. The number of carbonyl (C=O) groups excluding carboxylic acids is 3. The summed E-state index contributed by atoms with van der Waals surface area (Å²) in [6.45, 7) is 2.12. The van der Waals surface area contributed by atoms with E-state index in [0.29, 0.717) is 16.9 Å². The van der Waals surface area contributed by atoms with Gasteiger partial charge in [-0.1, -0.05) is 35.3 Å². The average molecular weight is 521 g/mol. The van der Waals surface area contributed by atoms with E-state index >= 15 is 0 Å². The number of nitrogens with zero attached hydrogens (tertiary/aromatic N) is 2. The first-order chi connectivity index (χ1) is 17.4. The molecule has 3 amide bonds. The van der Waals surface area contributed by atoms with Crippen molar-refractivity contribution < 1.29 is 14.4 Å². The number of rotatable bonds is 6. The Balaban J connectivity index is 1.25. The molecule has 0 unspecified atom stereocenters. The number of amides is 3. The highest BCUT2D eigenvalue weighted by molar-refractivity contribution is 6.53. The van der Waals surface area contributed by atoms with Gasteiger partial charge in [-0.05, 0) is 73.5 Å². The van der Waals surface area contributed by atoms with Gasteiger partial charge in [-0.3, -0.25) is 14.4 Å². The van der Waals surface area contributed by atoms with Crippen LogP contribution in [0.25, 0.3) is 0 Å². The van der Waals surface area contributed by atoms with Crippen LogP contribution in [0.4, 0.5) is 22.7 Å². The van der Waals surface area contributed by atoms with Gasteiger partial charge in [0.1, 0.15) is 10.7 Å². The van der Waals surface area contributed by atoms with Crippen LogP contribution in [0.3, 0.4) is 0 Å². The van der Waals surface area contributed by atoms with Crippen LogP contribution in [0.1, 0.15) is 23.2 Å². The Morgan fingerprint density at radius 1 is 0.778 bits per heavy atom. The average Bonchev–Trinajstić information content (AvgIpc) is 3.50. The van der Waals surface area contributed by atoms with Crippen LogP contribution in [-0.4, -0.2) is 30.8 Å². The molecule has 0 aromatic heterocycles. The summed E-state index contributed by atoms with van der Waals surface area (Å²) in [5.41, 5.74) is 2.99. The van der Waals surface area contributed by atoms with Crippen LogP contribution in [-0.2, 0) is 9.59 Å².